The highest BCUT2D eigenvalue weighted by atomic mass is 16.1. The fourth-order valence-electron chi connectivity index (χ4n) is 3.56. The van der Waals surface area contributed by atoms with Crippen molar-refractivity contribution in [2.75, 3.05) is 19.6 Å². The lowest BCUT2D eigenvalue weighted by molar-refractivity contribution is -0.124. The number of amides is 1. The third-order valence-corrected chi connectivity index (χ3v) is 4.51. The Bertz CT molecular complexity index is 475. The lowest BCUT2D eigenvalue weighted by Crippen LogP contribution is -2.56. The number of hydrogen-bond donors (Lipinski definition) is 1. The van der Waals surface area contributed by atoms with E-state index >= 15 is 0 Å². The number of carbonyl (C=O) groups excluding carboxylic acids is 1. The topological polar surface area (TPSA) is 32.3 Å². The second-order valence-corrected chi connectivity index (χ2v) is 5.81. The van der Waals surface area contributed by atoms with Crippen molar-refractivity contribution >= 4 is 5.91 Å². The van der Waals surface area contributed by atoms with Gasteiger partial charge in [-0.05, 0) is 36.9 Å². The first kappa shape index (κ1) is 12.7. The highest BCUT2D eigenvalue weighted by molar-refractivity contribution is 5.82. The van der Waals surface area contributed by atoms with Gasteiger partial charge in [0.1, 0.15) is 0 Å². The molecule has 1 aromatic rings. The van der Waals surface area contributed by atoms with Crippen LogP contribution in [0.15, 0.2) is 24.3 Å². The van der Waals surface area contributed by atoms with Gasteiger partial charge in [0.2, 0.25) is 5.91 Å². The van der Waals surface area contributed by atoms with Crippen LogP contribution >= 0.6 is 0 Å². The molecule has 1 fully saturated rings. The van der Waals surface area contributed by atoms with Crippen LogP contribution in [-0.2, 0) is 16.8 Å². The van der Waals surface area contributed by atoms with E-state index in [1.165, 1.54) is 24.1 Å². The monoisotopic (exact) mass is 258 g/mol. The Labute approximate surface area is 115 Å². The van der Waals surface area contributed by atoms with Gasteiger partial charge in [-0.3, -0.25) is 4.79 Å². The van der Waals surface area contributed by atoms with Crippen molar-refractivity contribution in [3.8, 4) is 0 Å². The van der Waals surface area contributed by atoms with Gasteiger partial charge in [-0.2, -0.15) is 0 Å². The maximum atomic E-state index is 12.0. The van der Waals surface area contributed by atoms with Crippen LogP contribution in [-0.4, -0.2) is 30.4 Å². The predicted octanol–water partition coefficient (Wildman–Crippen LogP) is 2.06. The van der Waals surface area contributed by atoms with Gasteiger partial charge in [0.05, 0.1) is 12.0 Å². The second kappa shape index (κ2) is 4.97. The number of fused-ring (bicyclic) bond motifs is 2. The molecule has 102 valence electrons. The number of nitrogens with zero attached hydrogens (tertiary/aromatic N) is 1. The molecule has 3 heteroatoms. The first-order chi connectivity index (χ1) is 9.23. The molecular formula is C16H22N2O. The van der Waals surface area contributed by atoms with Crippen molar-refractivity contribution in [2.45, 2.75) is 38.1 Å². The van der Waals surface area contributed by atoms with Crippen molar-refractivity contribution in [3.05, 3.63) is 35.4 Å². The number of rotatable bonds is 2. The standard InChI is InChI=1S/C16H22N2O/c1-2-9-18-10-7-16(8-11-18)14-6-4-3-5-13(14)12-15(19)17-16/h3-6H,2,7-12H2,1H3,(H,17,19). The zero-order valence-corrected chi connectivity index (χ0v) is 11.6. The van der Waals surface area contributed by atoms with Crippen LogP contribution in [0.1, 0.15) is 37.3 Å². The van der Waals surface area contributed by atoms with Gasteiger partial charge in [0.25, 0.3) is 0 Å². The summed E-state index contributed by atoms with van der Waals surface area (Å²) < 4.78 is 0. The fourth-order valence-corrected chi connectivity index (χ4v) is 3.56. The summed E-state index contributed by atoms with van der Waals surface area (Å²) >= 11 is 0. The maximum absolute atomic E-state index is 12.0. The van der Waals surface area contributed by atoms with Crippen molar-refractivity contribution in [1.82, 2.24) is 10.2 Å². The number of hydrogen-bond acceptors (Lipinski definition) is 2. The molecule has 0 atom stereocenters. The Hall–Kier alpha value is -1.35. The SMILES string of the molecule is CCCN1CCC2(CC1)NC(=O)Cc1ccccc12. The molecule has 0 unspecified atom stereocenters. The van der Waals surface area contributed by atoms with E-state index in [9.17, 15) is 4.79 Å². The minimum atomic E-state index is -0.101. The summed E-state index contributed by atoms with van der Waals surface area (Å²) in [6.07, 6.45) is 3.82. The summed E-state index contributed by atoms with van der Waals surface area (Å²) in [7, 11) is 0. The van der Waals surface area contributed by atoms with E-state index in [1.54, 1.807) is 0 Å². The summed E-state index contributed by atoms with van der Waals surface area (Å²) in [4.78, 5) is 14.5. The van der Waals surface area contributed by atoms with Crippen LogP contribution in [0.25, 0.3) is 0 Å². The highest BCUT2D eigenvalue weighted by Gasteiger charge is 2.41. The van der Waals surface area contributed by atoms with Crippen molar-refractivity contribution in [2.24, 2.45) is 0 Å². The van der Waals surface area contributed by atoms with E-state index in [2.05, 4.69) is 35.3 Å². The normalized spacial score (nSPS) is 22.1. The Balaban J connectivity index is 1.87. The molecule has 0 bridgehead atoms. The maximum Gasteiger partial charge on any atom is 0.225 e. The zero-order chi connectivity index (χ0) is 13.3. The molecule has 3 nitrogen and oxygen atoms in total. The van der Waals surface area contributed by atoms with E-state index in [-0.39, 0.29) is 11.4 Å². The van der Waals surface area contributed by atoms with Gasteiger partial charge in [-0.25, -0.2) is 0 Å². The van der Waals surface area contributed by atoms with E-state index in [0.717, 1.165) is 25.9 Å². The second-order valence-electron chi connectivity index (χ2n) is 5.81. The third kappa shape index (κ3) is 2.27. The minimum absolute atomic E-state index is 0.101. The molecule has 2 aliphatic rings. The van der Waals surface area contributed by atoms with Crippen LogP contribution in [0, 0.1) is 0 Å². The van der Waals surface area contributed by atoms with Crippen LogP contribution in [0.2, 0.25) is 0 Å². The Kier molecular flexibility index (Phi) is 3.31. The van der Waals surface area contributed by atoms with E-state index < -0.39 is 0 Å². The first-order valence-corrected chi connectivity index (χ1v) is 7.35. The molecule has 19 heavy (non-hydrogen) atoms. The van der Waals surface area contributed by atoms with Gasteiger partial charge in [-0.15, -0.1) is 0 Å². The summed E-state index contributed by atoms with van der Waals surface area (Å²) in [5.74, 6) is 0.183. The molecule has 1 saturated heterocycles. The molecule has 0 radical (unpaired) electrons. The molecule has 0 aromatic heterocycles. The smallest absolute Gasteiger partial charge is 0.225 e. The van der Waals surface area contributed by atoms with Gasteiger partial charge in [0, 0.05) is 13.1 Å². The molecule has 1 N–H and O–H groups in total. The summed E-state index contributed by atoms with van der Waals surface area (Å²) in [6.45, 7) is 5.57. The Morgan fingerprint density at radius 2 is 2.00 bits per heavy atom. The van der Waals surface area contributed by atoms with Gasteiger partial charge >= 0.3 is 0 Å². The molecule has 2 heterocycles. The lowest BCUT2D eigenvalue weighted by Gasteiger charge is -2.45. The number of benzene rings is 1. The molecule has 2 aliphatic heterocycles. The van der Waals surface area contributed by atoms with E-state index in [1.807, 2.05) is 6.07 Å². The number of nitrogens with one attached hydrogen (secondary N) is 1. The Morgan fingerprint density at radius 1 is 1.26 bits per heavy atom. The highest BCUT2D eigenvalue weighted by Crippen LogP contribution is 2.37. The van der Waals surface area contributed by atoms with Crippen LogP contribution < -0.4 is 5.32 Å². The molecule has 1 aromatic carbocycles. The van der Waals surface area contributed by atoms with E-state index in [4.69, 9.17) is 0 Å². The number of likely N-dealkylation sites (tertiary alicyclic amines) is 1. The Morgan fingerprint density at radius 3 is 2.74 bits per heavy atom. The average molecular weight is 258 g/mol. The molecule has 1 amide bonds. The molecule has 0 aliphatic carbocycles. The van der Waals surface area contributed by atoms with Crippen LogP contribution in [0.4, 0.5) is 0 Å². The summed E-state index contributed by atoms with van der Waals surface area (Å²) in [6, 6.07) is 8.44. The van der Waals surface area contributed by atoms with Gasteiger partial charge < -0.3 is 10.2 Å². The lowest BCUT2D eigenvalue weighted by atomic mass is 9.75. The molecule has 3 rings (SSSR count). The van der Waals surface area contributed by atoms with Gasteiger partial charge in [-0.1, -0.05) is 31.2 Å². The van der Waals surface area contributed by atoms with Crippen LogP contribution in [0.5, 0.6) is 0 Å². The minimum Gasteiger partial charge on any atom is -0.346 e. The summed E-state index contributed by atoms with van der Waals surface area (Å²) in [5, 5.41) is 3.28. The number of carbonyl (C=O) groups is 1. The third-order valence-electron chi connectivity index (χ3n) is 4.51. The quantitative estimate of drug-likeness (QED) is 0.880. The van der Waals surface area contributed by atoms with Crippen molar-refractivity contribution in [1.29, 1.82) is 0 Å². The summed E-state index contributed by atoms with van der Waals surface area (Å²) in [5.41, 5.74) is 2.47. The van der Waals surface area contributed by atoms with Gasteiger partial charge in [0.15, 0.2) is 0 Å². The molecule has 0 saturated carbocycles. The first-order valence-electron chi connectivity index (χ1n) is 7.35. The van der Waals surface area contributed by atoms with Crippen molar-refractivity contribution < 1.29 is 4.79 Å². The molecular weight excluding hydrogens is 236 g/mol. The number of piperidine rings is 1. The van der Waals surface area contributed by atoms with Crippen molar-refractivity contribution in [3.63, 3.8) is 0 Å². The fraction of sp³-hybridized carbons (Fsp3) is 0.562. The predicted molar refractivity (Wildman–Crippen MR) is 75.9 cm³/mol. The largest absolute Gasteiger partial charge is 0.346 e. The van der Waals surface area contributed by atoms with Crippen LogP contribution in [0.3, 0.4) is 0 Å². The molecule has 1 spiro atoms. The zero-order valence-electron chi connectivity index (χ0n) is 11.6. The average Bonchev–Trinajstić information content (AvgIpc) is 2.42. The van der Waals surface area contributed by atoms with E-state index in [0.29, 0.717) is 6.42 Å².